The van der Waals surface area contributed by atoms with Gasteiger partial charge in [0.25, 0.3) is 0 Å². The number of Topliss-reactive ketones (excluding diaryl/α,β-unsaturated/α-hetero) is 1. The van der Waals surface area contributed by atoms with E-state index in [1.165, 1.54) is 12.8 Å². The molecule has 0 saturated heterocycles. The largest absolute Gasteiger partial charge is 0.293 e. The van der Waals surface area contributed by atoms with Crippen molar-refractivity contribution in [3.8, 4) is 12.1 Å². The van der Waals surface area contributed by atoms with Gasteiger partial charge in [-0.25, -0.2) is 4.98 Å². The van der Waals surface area contributed by atoms with Crippen molar-refractivity contribution >= 4 is 56.5 Å². The minimum Gasteiger partial charge on any atom is -0.293 e. The van der Waals surface area contributed by atoms with E-state index in [1.54, 1.807) is 12.4 Å². The van der Waals surface area contributed by atoms with Crippen molar-refractivity contribution in [3.63, 3.8) is 0 Å². The minimum atomic E-state index is -0.217. The first kappa shape index (κ1) is 22.7. The lowest BCUT2D eigenvalue weighted by molar-refractivity contribution is -0.114. The topological polar surface area (TPSA) is 103 Å². The Balaban J connectivity index is 0.000000142. The first-order valence-corrected chi connectivity index (χ1v) is 11.9. The second kappa shape index (κ2) is 8.96. The highest BCUT2D eigenvalue weighted by molar-refractivity contribution is 6.52. The number of carbonyl (C=O) groups is 1. The van der Waals surface area contributed by atoms with E-state index in [9.17, 15) is 4.79 Å². The number of nitriles is 2. The molecule has 0 aliphatic heterocycles. The second-order valence-electron chi connectivity index (χ2n) is 8.55. The Kier molecular flexibility index (Phi) is 6.00. The fraction of sp³-hybridized carbons (Fsp3) is 0.280. The number of rotatable bonds is 2. The summed E-state index contributed by atoms with van der Waals surface area (Å²) in [5, 5.41) is 19.4. The lowest BCUT2D eigenvalue weighted by atomic mass is 9.92. The van der Waals surface area contributed by atoms with Gasteiger partial charge in [0.05, 0.1) is 21.8 Å². The van der Waals surface area contributed by atoms with Crippen molar-refractivity contribution in [3.05, 3.63) is 68.4 Å². The molecule has 0 atom stereocenters. The molecular formula is C25H16Cl3N5O. The van der Waals surface area contributed by atoms with Crippen molar-refractivity contribution in [1.29, 1.82) is 10.5 Å². The Labute approximate surface area is 210 Å². The number of halogens is 3. The van der Waals surface area contributed by atoms with Gasteiger partial charge in [0.15, 0.2) is 5.78 Å². The van der Waals surface area contributed by atoms with Crippen LogP contribution in [0.15, 0.2) is 30.1 Å². The number of carbonyl (C=O) groups excluding carboxylic acids is 1. The van der Waals surface area contributed by atoms with Crippen molar-refractivity contribution in [2.45, 2.75) is 43.9 Å². The molecule has 3 aromatic heterocycles. The molecule has 0 N–H and O–H groups in total. The number of nitrogens with zero attached hydrogens (tertiary/aromatic N) is 5. The monoisotopic (exact) mass is 507 g/mol. The maximum absolute atomic E-state index is 11.6. The maximum Gasteiger partial charge on any atom is 0.179 e. The third kappa shape index (κ3) is 4.26. The van der Waals surface area contributed by atoms with Gasteiger partial charge in [-0.15, -0.1) is 0 Å². The first-order valence-electron chi connectivity index (χ1n) is 10.8. The van der Waals surface area contributed by atoms with Crippen LogP contribution in [0.4, 0.5) is 0 Å². The summed E-state index contributed by atoms with van der Waals surface area (Å²) >= 11 is 18.2. The number of pyridine rings is 3. The number of ketones is 1. The zero-order valence-electron chi connectivity index (χ0n) is 17.8. The molecule has 3 aliphatic carbocycles. The molecule has 0 amide bonds. The SMILES string of the molecule is N#CC1=C(Cl)c2cc(C3CC3)ncc2CC1=O.N#Cc1c(Cl)nc2cnc(C3CC3)cc2c1Cl. The molecule has 2 saturated carbocycles. The summed E-state index contributed by atoms with van der Waals surface area (Å²) in [4.78, 5) is 24.5. The molecule has 6 rings (SSSR count). The first-order chi connectivity index (χ1) is 16.4. The molecule has 2 fully saturated rings. The van der Waals surface area contributed by atoms with Crippen LogP contribution in [-0.2, 0) is 11.2 Å². The van der Waals surface area contributed by atoms with Crippen molar-refractivity contribution in [1.82, 2.24) is 15.0 Å². The van der Waals surface area contributed by atoms with Crippen molar-refractivity contribution < 1.29 is 4.79 Å². The van der Waals surface area contributed by atoms with Gasteiger partial charge in [-0.05, 0) is 43.4 Å². The van der Waals surface area contributed by atoms with Gasteiger partial charge in [-0.1, -0.05) is 34.8 Å². The summed E-state index contributed by atoms with van der Waals surface area (Å²) in [6, 6.07) is 7.71. The third-order valence-electron chi connectivity index (χ3n) is 6.09. The molecule has 9 heteroatoms. The Morgan fingerprint density at radius 3 is 2.18 bits per heavy atom. The molecule has 3 aliphatic rings. The van der Waals surface area contributed by atoms with E-state index in [2.05, 4.69) is 15.0 Å². The Morgan fingerprint density at radius 1 is 0.912 bits per heavy atom. The molecule has 0 bridgehead atoms. The van der Waals surface area contributed by atoms with E-state index in [-0.39, 0.29) is 33.5 Å². The fourth-order valence-corrected chi connectivity index (χ4v) is 4.77. The zero-order valence-corrected chi connectivity index (χ0v) is 20.0. The molecule has 0 spiro atoms. The van der Waals surface area contributed by atoms with Crippen LogP contribution in [0.1, 0.15) is 65.6 Å². The summed E-state index contributed by atoms with van der Waals surface area (Å²) in [5.74, 6) is 0.857. The summed E-state index contributed by atoms with van der Waals surface area (Å²) in [6.45, 7) is 0. The van der Waals surface area contributed by atoms with Crippen LogP contribution in [0.2, 0.25) is 10.2 Å². The number of hydrogen-bond donors (Lipinski definition) is 0. The van der Waals surface area contributed by atoms with Gasteiger partial charge in [0.2, 0.25) is 0 Å². The quantitative estimate of drug-likeness (QED) is 0.379. The predicted octanol–water partition coefficient (Wildman–Crippen LogP) is 6.24. The summed E-state index contributed by atoms with van der Waals surface area (Å²) in [5.41, 5.74) is 4.60. The summed E-state index contributed by atoms with van der Waals surface area (Å²) in [6.07, 6.45) is 8.28. The van der Waals surface area contributed by atoms with Crippen LogP contribution in [0.5, 0.6) is 0 Å². The van der Waals surface area contributed by atoms with Crippen LogP contribution in [0, 0.1) is 22.7 Å². The average molecular weight is 509 g/mol. The summed E-state index contributed by atoms with van der Waals surface area (Å²) in [7, 11) is 0. The molecule has 0 radical (unpaired) electrons. The average Bonchev–Trinajstić information content (AvgIpc) is 3.73. The molecule has 34 heavy (non-hydrogen) atoms. The van der Waals surface area contributed by atoms with Gasteiger partial charge < -0.3 is 0 Å². The predicted molar refractivity (Wildman–Crippen MR) is 130 cm³/mol. The zero-order chi connectivity index (χ0) is 24.0. The highest BCUT2D eigenvalue weighted by Gasteiger charge is 2.29. The molecule has 0 aromatic carbocycles. The Hall–Kier alpha value is -3.03. The third-order valence-corrected chi connectivity index (χ3v) is 7.15. The maximum atomic E-state index is 11.6. The van der Waals surface area contributed by atoms with Crippen molar-refractivity contribution in [2.75, 3.05) is 0 Å². The van der Waals surface area contributed by atoms with Crippen molar-refractivity contribution in [2.24, 2.45) is 0 Å². The van der Waals surface area contributed by atoms with Gasteiger partial charge in [0.1, 0.15) is 28.4 Å². The van der Waals surface area contributed by atoms with E-state index in [1.807, 2.05) is 24.3 Å². The number of hydrogen-bond acceptors (Lipinski definition) is 6. The van der Waals surface area contributed by atoms with Gasteiger partial charge >= 0.3 is 0 Å². The van der Waals surface area contributed by atoms with Crippen LogP contribution < -0.4 is 0 Å². The number of fused-ring (bicyclic) bond motifs is 2. The summed E-state index contributed by atoms with van der Waals surface area (Å²) < 4.78 is 0. The van der Waals surface area contributed by atoms with Gasteiger partial charge in [0, 0.05) is 46.8 Å². The standard InChI is InChI=1S/C13H9ClN2O.C12H7Cl2N3/c14-13-9-4-11(7-1-2-7)16-6-8(9)3-12(17)10(13)5-15;13-11-7-3-9(6-1-2-6)16-5-10(7)17-12(14)8(11)4-15/h4,6-7H,1-3H2;3,5-6H,1-2H2. The highest BCUT2D eigenvalue weighted by atomic mass is 35.5. The normalized spacial score (nSPS) is 16.9. The molecular weight excluding hydrogens is 493 g/mol. The molecule has 3 aromatic rings. The van der Waals surface area contributed by atoms with Gasteiger partial charge in [-0.2, -0.15) is 10.5 Å². The van der Waals surface area contributed by atoms with E-state index in [0.29, 0.717) is 22.4 Å². The smallest absolute Gasteiger partial charge is 0.179 e. The van der Waals surface area contributed by atoms with Crippen LogP contribution in [0.3, 0.4) is 0 Å². The molecule has 3 heterocycles. The van der Waals surface area contributed by atoms with Crippen LogP contribution in [0.25, 0.3) is 15.9 Å². The van der Waals surface area contributed by atoms with E-state index < -0.39 is 0 Å². The van der Waals surface area contributed by atoms with E-state index >= 15 is 0 Å². The Bertz CT molecular complexity index is 1480. The van der Waals surface area contributed by atoms with E-state index in [0.717, 1.165) is 40.7 Å². The fourth-order valence-electron chi connectivity index (χ4n) is 3.89. The minimum absolute atomic E-state index is 0.0760. The molecule has 0 unspecified atom stereocenters. The number of allylic oxidation sites excluding steroid dienone is 1. The lowest BCUT2D eigenvalue weighted by Gasteiger charge is -2.15. The molecule has 6 nitrogen and oxygen atoms in total. The van der Waals surface area contributed by atoms with Crippen LogP contribution >= 0.6 is 34.8 Å². The Morgan fingerprint density at radius 2 is 1.56 bits per heavy atom. The van der Waals surface area contributed by atoms with Gasteiger partial charge in [-0.3, -0.25) is 14.8 Å². The highest BCUT2D eigenvalue weighted by Crippen LogP contribution is 2.42. The molecule has 168 valence electrons. The second-order valence-corrected chi connectivity index (χ2v) is 9.66. The lowest BCUT2D eigenvalue weighted by Crippen LogP contribution is -2.14. The van der Waals surface area contributed by atoms with E-state index in [4.69, 9.17) is 45.3 Å². The van der Waals surface area contributed by atoms with Crippen LogP contribution in [-0.4, -0.2) is 20.7 Å². The number of aromatic nitrogens is 3.